The average Bonchev–Trinajstić information content (AvgIpc) is 2.63. The van der Waals surface area contributed by atoms with E-state index in [1.54, 1.807) is 24.0 Å². The lowest BCUT2D eigenvalue weighted by Crippen LogP contribution is -1.99. The maximum Gasteiger partial charge on any atom is 0.165 e. The van der Waals surface area contributed by atoms with Gasteiger partial charge in [-0.3, -0.25) is 4.68 Å². The van der Waals surface area contributed by atoms with Gasteiger partial charge >= 0.3 is 0 Å². The van der Waals surface area contributed by atoms with E-state index in [9.17, 15) is 9.50 Å². The molecule has 0 aliphatic rings. The van der Waals surface area contributed by atoms with Gasteiger partial charge in [-0.15, -0.1) is 0 Å². The quantitative estimate of drug-likeness (QED) is 0.890. The van der Waals surface area contributed by atoms with Gasteiger partial charge < -0.3 is 9.84 Å². The van der Waals surface area contributed by atoms with Gasteiger partial charge in [-0.1, -0.05) is 6.07 Å². The number of aryl methyl sites for hydroxylation is 1. The summed E-state index contributed by atoms with van der Waals surface area (Å²) < 4.78 is 20.6. The van der Waals surface area contributed by atoms with E-state index in [2.05, 4.69) is 5.10 Å². The third-order valence-electron chi connectivity index (χ3n) is 2.34. The summed E-state index contributed by atoms with van der Waals surface area (Å²) in [6.07, 6.45) is 2.26. The Bertz CT molecular complexity index is 523. The molecule has 1 heterocycles. The highest BCUT2D eigenvalue weighted by Gasteiger charge is 2.15. The second kappa shape index (κ2) is 4.55. The Morgan fingerprint density at radius 1 is 1.47 bits per heavy atom. The van der Waals surface area contributed by atoms with E-state index in [1.807, 2.05) is 0 Å². The largest absolute Gasteiger partial charge is 0.454 e. The molecular weight excluding hydrogens is 223 g/mol. The monoisotopic (exact) mass is 236 g/mol. The molecule has 1 unspecified atom stereocenters. The number of hydrogen-bond acceptors (Lipinski definition) is 3. The fourth-order valence-electron chi connectivity index (χ4n) is 1.59. The Hall–Kier alpha value is -1.88. The number of hydrogen-bond donors (Lipinski definition) is 1. The summed E-state index contributed by atoms with van der Waals surface area (Å²) in [5.74, 6) is 0.314. The van der Waals surface area contributed by atoms with Crippen LogP contribution in [0.25, 0.3) is 0 Å². The first-order chi connectivity index (χ1) is 8.08. The second-order valence-corrected chi connectivity index (χ2v) is 3.78. The highest BCUT2D eigenvalue weighted by molar-refractivity contribution is 5.39. The lowest BCUT2D eigenvalue weighted by Gasteiger charge is -2.12. The van der Waals surface area contributed by atoms with E-state index in [0.29, 0.717) is 11.5 Å². The number of aromatic nitrogens is 2. The molecule has 90 valence electrons. The Morgan fingerprint density at radius 3 is 2.82 bits per heavy atom. The minimum atomic E-state index is -0.928. The van der Waals surface area contributed by atoms with Crippen molar-refractivity contribution in [2.75, 3.05) is 0 Å². The molecule has 2 aromatic rings. The number of rotatable bonds is 3. The maximum atomic E-state index is 13.5. The number of benzene rings is 1. The van der Waals surface area contributed by atoms with Gasteiger partial charge in [0.1, 0.15) is 11.6 Å². The van der Waals surface area contributed by atoms with Crippen LogP contribution in [0.2, 0.25) is 0 Å². The Balaban J connectivity index is 2.35. The average molecular weight is 236 g/mol. The molecule has 0 amide bonds. The van der Waals surface area contributed by atoms with E-state index in [1.165, 1.54) is 25.3 Å². The smallest absolute Gasteiger partial charge is 0.165 e. The number of nitrogens with zero attached hydrogens (tertiary/aromatic N) is 2. The van der Waals surface area contributed by atoms with Crippen LogP contribution in [0.4, 0.5) is 4.39 Å². The van der Waals surface area contributed by atoms with E-state index < -0.39 is 11.9 Å². The normalized spacial score (nSPS) is 12.5. The van der Waals surface area contributed by atoms with Crippen molar-refractivity contribution >= 4 is 0 Å². The number of halogens is 1. The van der Waals surface area contributed by atoms with Crippen LogP contribution in [0.15, 0.2) is 30.6 Å². The van der Waals surface area contributed by atoms with Crippen LogP contribution in [0.5, 0.6) is 11.5 Å². The van der Waals surface area contributed by atoms with Crippen molar-refractivity contribution in [1.29, 1.82) is 0 Å². The van der Waals surface area contributed by atoms with Crippen LogP contribution < -0.4 is 4.74 Å². The van der Waals surface area contributed by atoms with Gasteiger partial charge in [0.15, 0.2) is 5.75 Å². The molecule has 5 heteroatoms. The molecule has 0 saturated carbocycles. The first-order valence-corrected chi connectivity index (χ1v) is 5.21. The lowest BCUT2D eigenvalue weighted by molar-refractivity contribution is 0.190. The van der Waals surface area contributed by atoms with Gasteiger partial charge in [-0.25, -0.2) is 4.39 Å². The molecule has 1 atom stereocenters. The molecule has 2 rings (SSSR count). The number of aliphatic hydroxyl groups excluding tert-OH is 1. The van der Waals surface area contributed by atoms with Gasteiger partial charge in [-0.05, 0) is 19.1 Å². The summed E-state index contributed by atoms with van der Waals surface area (Å²) in [5, 5.41) is 13.5. The summed E-state index contributed by atoms with van der Waals surface area (Å²) in [6, 6.07) is 4.43. The first-order valence-electron chi connectivity index (χ1n) is 5.21. The number of ether oxygens (including phenoxy) is 1. The maximum absolute atomic E-state index is 13.5. The molecule has 0 aliphatic heterocycles. The van der Waals surface area contributed by atoms with Crippen molar-refractivity contribution in [2.45, 2.75) is 13.0 Å². The van der Waals surface area contributed by atoms with Crippen LogP contribution >= 0.6 is 0 Å². The molecule has 17 heavy (non-hydrogen) atoms. The second-order valence-electron chi connectivity index (χ2n) is 3.78. The van der Waals surface area contributed by atoms with Gasteiger partial charge in [0.25, 0.3) is 0 Å². The topological polar surface area (TPSA) is 47.3 Å². The summed E-state index contributed by atoms with van der Waals surface area (Å²) in [7, 11) is 1.76. The van der Waals surface area contributed by atoms with E-state index in [4.69, 9.17) is 4.74 Å². The third kappa shape index (κ3) is 2.45. The molecule has 1 aromatic carbocycles. The standard InChI is InChI=1S/C12H13FN2O2/c1-8(16)12-10(13)4-3-5-11(12)17-9-6-14-15(2)7-9/h3-8,16H,1-2H3. The van der Waals surface area contributed by atoms with Gasteiger partial charge in [-0.2, -0.15) is 5.10 Å². The van der Waals surface area contributed by atoms with Crippen molar-refractivity contribution in [3.05, 3.63) is 42.0 Å². The summed E-state index contributed by atoms with van der Waals surface area (Å²) in [5.41, 5.74) is 0.149. The zero-order chi connectivity index (χ0) is 12.4. The fourth-order valence-corrected chi connectivity index (χ4v) is 1.59. The summed E-state index contributed by atoms with van der Waals surface area (Å²) >= 11 is 0. The van der Waals surface area contributed by atoms with Crippen molar-refractivity contribution in [2.24, 2.45) is 7.05 Å². The van der Waals surface area contributed by atoms with E-state index in [-0.39, 0.29) is 5.56 Å². The van der Waals surface area contributed by atoms with Gasteiger partial charge in [0, 0.05) is 7.05 Å². The van der Waals surface area contributed by atoms with Crippen molar-refractivity contribution in [3.8, 4) is 11.5 Å². The molecule has 0 bridgehead atoms. The van der Waals surface area contributed by atoms with Crippen LogP contribution in [0.3, 0.4) is 0 Å². The Labute approximate surface area is 98.3 Å². The highest BCUT2D eigenvalue weighted by Crippen LogP contribution is 2.31. The van der Waals surface area contributed by atoms with Crippen molar-refractivity contribution in [1.82, 2.24) is 9.78 Å². The van der Waals surface area contributed by atoms with Crippen LogP contribution in [0.1, 0.15) is 18.6 Å². The van der Waals surface area contributed by atoms with Gasteiger partial charge in [0.05, 0.1) is 24.1 Å². The third-order valence-corrected chi connectivity index (χ3v) is 2.34. The molecule has 0 aliphatic carbocycles. The SMILES string of the molecule is CC(O)c1c(F)cccc1Oc1cnn(C)c1. The van der Waals surface area contributed by atoms with Gasteiger partial charge in [0.2, 0.25) is 0 Å². The molecule has 4 nitrogen and oxygen atoms in total. The molecule has 0 spiro atoms. The molecule has 0 radical (unpaired) electrons. The summed E-state index contributed by atoms with van der Waals surface area (Å²) in [6.45, 7) is 1.49. The van der Waals surface area contributed by atoms with E-state index >= 15 is 0 Å². The minimum Gasteiger partial charge on any atom is -0.454 e. The van der Waals surface area contributed by atoms with Crippen LogP contribution in [0, 0.1) is 5.82 Å². The lowest BCUT2D eigenvalue weighted by atomic mass is 10.1. The Kier molecular flexibility index (Phi) is 3.10. The predicted octanol–water partition coefficient (Wildman–Crippen LogP) is 2.40. The molecule has 1 aromatic heterocycles. The van der Waals surface area contributed by atoms with Crippen LogP contribution in [-0.4, -0.2) is 14.9 Å². The first kappa shape index (κ1) is 11.6. The zero-order valence-electron chi connectivity index (χ0n) is 9.59. The molecular formula is C12H13FN2O2. The van der Waals surface area contributed by atoms with Crippen molar-refractivity contribution in [3.63, 3.8) is 0 Å². The Morgan fingerprint density at radius 2 is 2.24 bits per heavy atom. The minimum absolute atomic E-state index is 0.149. The highest BCUT2D eigenvalue weighted by atomic mass is 19.1. The molecule has 0 fully saturated rings. The fraction of sp³-hybridized carbons (Fsp3) is 0.250. The zero-order valence-corrected chi connectivity index (χ0v) is 9.59. The van der Waals surface area contributed by atoms with Crippen molar-refractivity contribution < 1.29 is 14.2 Å². The summed E-state index contributed by atoms with van der Waals surface area (Å²) in [4.78, 5) is 0. The molecule has 0 saturated heterocycles. The van der Waals surface area contributed by atoms with Crippen LogP contribution in [-0.2, 0) is 7.05 Å². The molecule has 1 N–H and O–H groups in total. The number of aliphatic hydroxyl groups is 1. The van der Waals surface area contributed by atoms with E-state index in [0.717, 1.165) is 0 Å². The predicted molar refractivity (Wildman–Crippen MR) is 60.3 cm³/mol.